The van der Waals surface area contributed by atoms with Crippen molar-refractivity contribution in [2.45, 2.75) is 26.2 Å². The lowest BCUT2D eigenvalue weighted by Gasteiger charge is -2.18. The van der Waals surface area contributed by atoms with E-state index in [1.165, 1.54) is 10.9 Å². The summed E-state index contributed by atoms with van der Waals surface area (Å²) in [5.41, 5.74) is 6.83. The molecule has 1 aromatic rings. The molecule has 0 aromatic carbocycles. The Kier molecular flexibility index (Phi) is 2.64. The number of hydrogen-bond acceptors (Lipinski definition) is 2. The van der Waals surface area contributed by atoms with Gasteiger partial charge in [0.15, 0.2) is 0 Å². The van der Waals surface area contributed by atoms with E-state index in [9.17, 15) is 0 Å². The minimum atomic E-state index is -1.29. The predicted molar refractivity (Wildman–Crippen MR) is 55.1 cm³/mol. The molecule has 0 aliphatic rings. The summed E-state index contributed by atoms with van der Waals surface area (Å²) in [6, 6.07) is 4.02. The third kappa shape index (κ3) is 1.93. The number of nitrogens with two attached hydrogens (primary N) is 1. The molecule has 1 rings (SSSR count). The maximum atomic E-state index is 5.63. The predicted octanol–water partition coefficient (Wildman–Crippen LogP) is 1.09. The van der Waals surface area contributed by atoms with Gasteiger partial charge in [0, 0.05) is 18.1 Å². The summed E-state index contributed by atoms with van der Waals surface area (Å²) in [6.07, 6.45) is 1.85. The highest BCUT2D eigenvalue weighted by Gasteiger charge is 2.20. The van der Waals surface area contributed by atoms with Gasteiger partial charge in [0.25, 0.3) is 0 Å². The minimum Gasteiger partial charge on any atom is -0.326 e. The van der Waals surface area contributed by atoms with Crippen molar-refractivity contribution in [3.8, 4) is 0 Å². The lowest BCUT2D eigenvalue weighted by atomic mass is 10.3. The maximum Gasteiger partial charge on any atom is 0.102 e. The molecule has 0 fully saturated rings. The smallest absolute Gasteiger partial charge is 0.102 e. The Morgan fingerprint density at radius 3 is 2.50 bits per heavy atom. The summed E-state index contributed by atoms with van der Waals surface area (Å²) in [7, 11) is -1.29. The quantitative estimate of drug-likeness (QED) is 0.692. The molecule has 0 aliphatic heterocycles. The van der Waals surface area contributed by atoms with Gasteiger partial charge in [-0.3, -0.25) is 4.98 Å². The van der Waals surface area contributed by atoms with E-state index >= 15 is 0 Å². The number of rotatable bonds is 2. The van der Waals surface area contributed by atoms with Crippen molar-refractivity contribution in [2.75, 3.05) is 0 Å². The molecule has 0 saturated carbocycles. The van der Waals surface area contributed by atoms with Crippen LogP contribution in [0.15, 0.2) is 18.3 Å². The Hall–Kier alpha value is -0.673. The molecule has 1 aromatic heterocycles. The number of aromatic nitrogens is 1. The van der Waals surface area contributed by atoms with Crippen molar-refractivity contribution in [3.05, 3.63) is 23.9 Å². The zero-order valence-corrected chi connectivity index (χ0v) is 8.96. The lowest BCUT2D eigenvalue weighted by molar-refractivity contribution is 1.06. The van der Waals surface area contributed by atoms with Gasteiger partial charge in [0.05, 0.1) is 0 Å². The Morgan fingerprint density at radius 2 is 2.08 bits per heavy atom. The summed E-state index contributed by atoms with van der Waals surface area (Å²) < 4.78 is 0. The Morgan fingerprint density at radius 1 is 1.42 bits per heavy atom. The van der Waals surface area contributed by atoms with Crippen LogP contribution >= 0.6 is 0 Å². The normalized spacial score (nSPS) is 11.7. The lowest BCUT2D eigenvalue weighted by Crippen LogP contribution is -2.42. The average molecular weight is 180 g/mol. The van der Waals surface area contributed by atoms with Crippen LogP contribution in [0.3, 0.4) is 0 Å². The number of nitrogens with zero attached hydrogens (tertiary/aromatic N) is 1. The molecule has 12 heavy (non-hydrogen) atoms. The fourth-order valence-corrected chi connectivity index (χ4v) is 2.89. The molecule has 0 aliphatic carbocycles. The SMILES string of the molecule is C[Si](C)(C)c1ncccc1CN. The molecular weight excluding hydrogens is 164 g/mol. The summed E-state index contributed by atoms with van der Waals surface area (Å²) in [4.78, 5) is 4.40. The van der Waals surface area contributed by atoms with Crippen molar-refractivity contribution in [1.82, 2.24) is 4.98 Å². The summed E-state index contributed by atoms with van der Waals surface area (Å²) in [5, 5.41) is 1.24. The van der Waals surface area contributed by atoms with Gasteiger partial charge >= 0.3 is 0 Å². The molecule has 1 heterocycles. The first-order valence-corrected chi connectivity index (χ1v) is 7.70. The van der Waals surface area contributed by atoms with Crippen LogP contribution in [0.2, 0.25) is 19.6 Å². The van der Waals surface area contributed by atoms with E-state index < -0.39 is 8.07 Å². The Bertz CT molecular complexity index is 265. The maximum absolute atomic E-state index is 5.63. The van der Waals surface area contributed by atoms with Gasteiger partial charge in [-0.05, 0) is 11.6 Å². The van der Waals surface area contributed by atoms with Crippen LogP contribution in [0.5, 0.6) is 0 Å². The molecule has 2 nitrogen and oxygen atoms in total. The van der Waals surface area contributed by atoms with E-state index in [4.69, 9.17) is 5.73 Å². The molecule has 0 spiro atoms. The Labute approximate surface area is 74.8 Å². The summed E-state index contributed by atoms with van der Waals surface area (Å²) in [6.45, 7) is 7.46. The fourth-order valence-electron chi connectivity index (χ4n) is 1.28. The van der Waals surface area contributed by atoms with Crippen LogP contribution in [0.4, 0.5) is 0 Å². The summed E-state index contributed by atoms with van der Waals surface area (Å²) in [5.74, 6) is 0. The van der Waals surface area contributed by atoms with Gasteiger partial charge < -0.3 is 5.73 Å². The van der Waals surface area contributed by atoms with E-state index in [0.717, 1.165) is 0 Å². The first-order valence-electron chi connectivity index (χ1n) is 4.20. The van der Waals surface area contributed by atoms with Crippen molar-refractivity contribution in [1.29, 1.82) is 0 Å². The Balaban J connectivity index is 3.14. The van der Waals surface area contributed by atoms with Crippen molar-refractivity contribution >= 4 is 13.4 Å². The highest BCUT2D eigenvalue weighted by molar-refractivity contribution is 6.88. The molecule has 0 unspecified atom stereocenters. The van der Waals surface area contributed by atoms with Gasteiger partial charge in [0.1, 0.15) is 8.07 Å². The molecule has 66 valence electrons. The third-order valence-corrected chi connectivity index (χ3v) is 3.69. The van der Waals surface area contributed by atoms with Gasteiger partial charge in [-0.1, -0.05) is 25.7 Å². The largest absolute Gasteiger partial charge is 0.326 e. The molecule has 3 heteroatoms. The molecule has 0 radical (unpaired) electrons. The zero-order valence-electron chi connectivity index (χ0n) is 7.96. The second-order valence-corrected chi connectivity index (χ2v) is 8.94. The second kappa shape index (κ2) is 3.37. The molecule has 0 bridgehead atoms. The van der Waals surface area contributed by atoms with Crippen LogP contribution in [-0.4, -0.2) is 13.1 Å². The minimum absolute atomic E-state index is 0.605. The van der Waals surface area contributed by atoms with E-state index in [2.05, 4.69) is 30.7 Å². The molecule has 0 amide bonds. The van der Waals surface area contributed by atoms with E-state index in [1.807, 2.05) is 12.3 Å². The van der Waals surface area contributed by atoms with Gasteiger partial charge in [-0.25, -0.2) is 0 Å². The van der Waals surface area contributed by atoms with Crippen molar-refractivity contribution in [2.24, 2.45) is 5.73 Å². The average Bonchev–Trinajstić information content (AvgIpc) is 2.03. The van der Waals surface area contributed by atoms with Gasteiger partial charge in [-0.15, -0.1) is 0 Å². The van der Waals surface area contributed by atoms with Gasteiger partial charge in [-0.2, -0.15) is 0 Å². The van der Waals surface area contributed by atoms with Crippen LogP contribution < -0.4 is 11.1 Å². The van der Waals surface area contributed by atoms with E-state index in [-0.39, 0.29) is 0 Å². The van der Waals surface area contributed by atoms with Crippen molar-refractivity contribution < 1.29 is 0 Å². The van der Waals surface area contributed by atoms with Crippen LogP contribution in [-0.2, 0) is 6.54 Å². The fraction of sp³-hybridized carbons (Fsp3) is 0.444. The zero-order chi connectivity index (χ0) is 9.19. The summed E-state index contributed by atoms with van der Waals surface area (Å²) >= 11 is 0. The van der Waals surface area contributed by atoms with Crippen LogP contribution in [0.1, 0.15) is 5.56 Å². The first kappa shape index (κ1) is 9.42. The topological polar surface area (TPSA) is 38.9 Å². The molecule has 0 saturated heterocycles. The highest BCUT2D eigenvalue weighted by Crippen LogP contribution is 2.03. The standard InChI is InChI=1S/C9H16N2Si/c1-12(2,3)9-8(7-10)5-4-6-11-9/h4-6H,7,10H2,1-3H3. The van der Waals surface area contributed by atoms with E-state index in [1.54, 1.807) is 0 Å². The van der Waals surface area contributed by atoms with Gasteiger partial charge in [0.2, 0.25) is 0 Å². The highest BCUT2D eigenvalue weighted by atomic mass is 28.3. The van der Waals surface area contributed by atoms with Crippen molar-refractivity contribution in [3.63, 3.8) is 0 Å². The monoisotopic (exact) mass is 180 g/mol. The molecule has 0 atom stereocenters. The second-order valence-electron chi connectivity index (χ2n) is 3.97. The molecule has 2 N–H and O–H groups in total. The number of hydrogen-bond donors (Lipinski definition) is 1. The number of pyridine rings is 1. The molecular formula is C9H16N2Si. The van der Waals surface area contributed by atoms with Crippen LogP contribution in [0, 0.1) is 0 Å². The third-order valence-electron chi connectivity index (χ3n) is 1.82. The first-order chi connectivity index (χ1) is 5.55. The van der Waals surface area contributed by atoms with E-state index in [0.29, 0.717) is 6.54 Å². The van der Waals surface area contributed by atoms with Crippen LogP contribution in [0.25, 0.3) is 0 Å².